The molecule has 0 saturated heterocycles. The molecule has 130 valence electrons. The van der Waals surface area contributed by atoms with Gasteiger partial charge in [-0.1, -0.05) is 26.0 Å². The molecule has 0 aromatic carbocycles. The van der Waals surface area contributed by atoms with Crippen LogP contribution in [0.1, 0.15) is 41.2 Å². The number of nitrogens with zero attached hydrogens (tertiary/aromatic N) is 2. The molecule has 0 saturated carbocycles. The third-order valence-corrected chi connectivity index (χ3v) is 5.69. The van der Waals surface area contributed by atoms with Crippen molar-refractivity contribution in [3.05, 3.63) is 68.6 Å². The Balaban J connectivity index is 1.59. The van der Waals surface area contributed by atoms with Gasteiger partial charge in [0.25, 0.3) is 0 Å². The van der Waals surface area contributed by atoms with Crippen molar-refractivity contribution >= 4 is 28.6 Å². The van der Waals surface area contributed by atoms with Crippen LogP contribution in [0.5, 0.6) is 0 Å². The largest absolute Gasteiger partial charge is 0.348 e. The smallest absolute Gasteiger partial charge is 0.226 e. The molecule has 0 fully saturated rings. The number of carbonyl (C=O) groups excluding carboxylic acids is 1. The summed E-state index contributed by atoms with van der Waals surface area (Å²) in [6.07, 6.45) is 2.80. The molecule has 1 amide bonds. The lowest BCUT2D eigenvalue weighted by molar-refractivity contribution is -0.121. The van der Waals surface area contributed by atoms with Crippen LogP contribution in [-0.4, -0.2) is 15.9 Å². The van der Waals surface area contributed by atoms with E-state index in [1.807, 2.05) is 35.0 Å². The number of thiazole rings is 1. The van der Waals surface area contributed by atoms with E-state index in [1.165, 1.54) is 4.88 Å². The molecule has 0 aliphatic rings. The zero-order chi connectivity index (χ0) is 17.6. The Labute approximate surface area is 156 Å². The molecule has 3 aromatic rings. The van der Waals surface area contributed by atoms with Crippen molar-refractivity contribution in [2.75, 3.05) is 0 Å². The average Bonchev–Trinajstić information content (AvgIpc) is 3.25. The summed E-state index contributed by atoms with van der Waals surface area (Å²) in [7, 11) is 0. The van der Waals surface area contributed by atoms with Crippen LogP contribution in [0.3, 0.4) is 0 Å². The molecule has 1 atom stereocenters. The molecule has 0 bridgehead atoms. The second-order valence-electron chi connectivity index (χ2n) is 6.21. The molecule has 1 unspecified atom stereocenters. The number of hydrogen-bond donors (Lipinski definition) is 1. The molecule has 0 radical (unpaired) electrons. The van der Waals surface area contributed by atoms with E-state index in [2.05, 4.69) is 35.2 Å². The quantitative estimate of drug-likeness (QED) is 0.676. The topological polar surface area (TPSA) is 54.9 Å². The van der Waals surface area contributed by atoms with Gasteiger partial charge in [0.2, 0.25) is 5.91 Å². The van der Waals surface area contributed by atoms with Crippen LogP contribution >= 0.6 is 22.7 Å². The number of thiophene rings is 1. The first-order valence-corrected chi connectivity index (χ1v) is 10.0. The van der Waals surface area contributed by atoms with E-state index < -0.39 is 0 Å². The van der Waals surface area contributed by atoms with Crippen molar-refractivity contribution in [2.24, 2.45) is 5.92 Å². The first kappa shape index (κ1) is 17.8. The van der Waals surface area contributed by atoms with E-state index in [1.54, 1.807) is 28.9 Å². The molecular formula is C19H21N3OS2. The van der Waals surface area contributed by atoms with Crippen LogP contribution in [0.15, 0.2) is 47.3 Å². The highest BCUT2D eigenvalue weighted by Gasteiger charge is 2.19. The highest BCUT2D eigenvalue weighted by Crippen LogP contribution is 2.26. The number of nitrogens with one attached hydrogen (secondary N) is 1. The lowest BCUT2D eigenvalue weighted by Crippen LogP contribution is -2.32. The molecule has 6 heteroatoms. The summed E-state index contributed by atoms with van der Waals surface area (Å²) in [6, 6.07) is 10.0. The van der Waals surface area contributed by atoms with E-state index in [4.69, 9.17) is 0 Å². The highest BCUT2D eigenvalue weighted by molar-refractivity contribution is 7.10. The van der Waals surface area contributed by atoms with Gasteiger partial charge in [0.15, 0.2) is 0 Å². The molecule has 1 N–H and O–H groups in total. The number of hydrogen-bond acceptors (Lipinski definition) is 5. The summed E-state index contributed by atoms with van der Waals surface area (Å²) < 4.78 is 0. The first-order valence-electron chi connectivity index (χ1n) is 8.28. The second kappa shape index (κ2) is 8.36. The number of pyridine rings is 1. The standard InChI is InChI=1S/C19H21N3OS2/c1-13(2)19(16-7-5-9-24-16)22-17(23)10-15-12-25-18(21-15)11-14-6-3-4-8-20-14/h3-9,12-13,19H,10-11H2,1-2H3,(H,22,23). The fraction of sp³-hybridized carbons (Fsp3) is 0.316. The van der Waals surface area contributed by atoms with Crippen LogP contribution in [0.2, 0.25) is 0 Å². The molecule has 0 aliphatic carbocycles. The normalized spacial score (nSPS) is 12.3. The summed E-state index contributed by atoms with van der Waals surface area (Å²) >= 11 is 3.26. The van der Waals surface area contributed by atoms with Gasteiger partial charge >= 0.3 is 0 Å². The van der Waals surface area contributed by atoms with Crippen LogP contribution in [0.25, 0.3) is 0 Å². The lowest BCUT2D eigenvalue weighted by atomic mass is 10.0. The summed E-state index contributed by atoms with van der Waals surface area (Å²) in [5, 5.41) is 8.14. The number of aromatic nitrogens is 2. The van der Waals surface area contributed by atoms with Gasteiger partial charge in [-0.3, -0.25) is 9.78 Å². The number of amides is 1. The summed E-state index contributed by atoms with van der Waals surface area (Å²) in [6.45, 7) is 4.25. The van der Waals surface area contributed by atoms with Crippen LogP contribution in [0, 0.1) is 5.92 Å². The minimum absolute atomic E-state index is 0.0155. The molecule has 25 heavy (non-hydrogen) atoms. The Hall–Kier alpha value is -2.05. The highest BCUT2D eigenvalue weighted by atomic mass is 32.1. The minimum Gasteiger partial charge on any atom is -0.348 e. The van der Waals surface area contributed by atoms with Gasteiger partial charge in [0.05, 0.1) is 23.2 Å². The van der Waals surface area contributed by atoms with Crippen molar-refractivity contribution in [1.29, 1.82) is 0 Å². The molecule has 3 aromatic heterocycles. The number of rotatable bonds is 7. The monoisotopic (exact) mass is 371 g/mol. The molecule has 0 aliphatic heterocycles. The summed E-state index contributed by atoms with van der Waals surface area (Å²) in [4.78, 5) is 22.5. The predicted octanol–water partition coefficient (Wildman–Crippen LogP) is 4.25. The Bertz CT molecular complexity index is 797. The van der Waals surface area contributed by atoms with Crippen molar-refractivity contribution in [3.8, 4) is 0 Å². The maximum Gasteiger partial charge on any atom is 0.226 e. The minimum atomic E-state index is 0.0155. The van der Waals surface area contributed by atoms with E-state index in [0.717, 1.165) is 16.4 Å². The molecule has 0 spiro atoms. The van der Waals surface area contributed by atoms with Crippen LogP contribution in [-0.2, 0) is 17.6 Å². The van der Waals surface area contributed by atoms with Gasteiger partial charge < -0.3 is 5.32 Å². The molecular weight excluding hydrogens is 350 g/mol. The van der Waals surface area contributed by atoms with Gasteiger partial charge in [0.1, 0.15) is 0 Å². The van der Waals surface area contributed by atoms with E-state index in [9.17, 15) is 4.79 Å². The average molecular weight is 372 g/mol. The van der Waals surface area contributed by atoms with Gasteiger partial charge in [-0.05, 0) is 29.5 Å². The second-order valence-corrected chi connectivity index (χ2v) is 8.13. The van der Waals surface area contributed by atoms with Crippen molar-refractivity contribution in [3.63, 3.8) is 0 Å². The first-order chi connectivity index (χ1) is 12.1. The van der Waals surface area contributed by atoms with Crippen LogP contribution in [0.4, 0.5) is 0 Å². The van der Waals surface area contributed by atoms with Crippen LogP contribution < -0.4 is 5.32 Å². The Morgan fingerprint density at radius 2 is 2.04 bits per heavy atom. The maximum atomic E-state index is 12.4. The number of carbonyl (C=O) groups is 1. The summed E-state index contributed by atoms with van der Waals surface area (Å²) in [5.41, 5.74) is 1.81. The van der Waals surface area contributed by atoms with E-state index >= 15 is 0 Å². The van der Waals surface area contributed by atoms with Gasteiger partial charge in [-0.15, -0.1) is 22.7 Å². The Kier molecular flexibility index (Phi) is 5.94. The SMILES string of the molecule is CC(C)C(NC(=O)Cc1csc(Cc2ccccn2)n1)c1cccs1. The summed E-state index contributed by atoms with van der Waals surface area (Å²) in [5.74, 6) is 0.361. The maximum absolute atomic E-state index is 12.4. The van der Waals surface area contributed by atoms with Gasteiger partial charge in [-0.2, -0.15) is 0 Å². The van der Waals surface area contributed by atoms with E-state index in [-0.39, 0.29) is 11.9 Å². The van der Waals surface area contributed by atoms with Crippen molar-refractivity contribution in [1.82, 2.24) is 15.3 Å². The Morgan fingerprint density at radius 1 is 1.16 bits per heavy atom. The molecule has 3 rings (SSSR count). The molecule has 4 nitrogen and oxygen atoms in total. The Morgan fingerprint density at radius 3 is 2.72 bits per heavy atom. The molecule has 3 heterocycles. The van der Waals surface area contributed by atoms with Crippen molar-refractivity contribution < 1.29 is 4.79 Å². The van der Waals surface area contributed by atoms with Crippen molar-refractivity contribution in [2.45, 2.75) is 32.7 Å². The van der Waals surface area contributed by atoms with Gasteiger partial charge in [-0.25, -0.2) is 4.98 Å². The fourth-order valence-electron chi connectivity index (χ4n) is 2.59. The zero-order valence-corrected chi connectivity index (χ0v) is 15.9. The lowest BCUT2D eigenvalue weighted by Gasteiger charge is -2.21. The predicted molar refractivity (Wildman–Crippen MR) is 103 cm³/mol. The zero-order valence-electron chi connectivity index (χ0n) is 14.3. The third kappa shape index (κ3) is 4.96. The van der Waals surface area contributed by atoms with E-state index in [0.29, 0.717) is 18.8 Å². The van der Waals surface area contributed by atoms with Gasteiger partial charge in [0, 0.05) is 28.6 Å². The fourth-order valence-corrected chi connectivity index (χ4v) is 4.35. The third-order valence-electron chi connectivity index (χ3n) is 3.83.